The molecular weight excluding hydrogens is 270 g/mol. The van der Waals surface area contributed by atoms with Gasteiger partial charge in [-0.2, -0.15) is 0 Å². The number of aliphatic hydroxyl groups is 3. The van der Waals surface area contributed by atoms with Crippen LogP contribution in [0, 0.1) is 0 Å². The van der Waals surface area contributed by atoms with Crippen LogP contribution >= 0.6 is 0 Å². The van der Waals surface area contributed by atoms with E-state index >= 15 is 0 Å². The molecule has 1 saturated heterocycles. The van der Waals surface area contributed by atoms with Crippen LogP contribution in [0.1, 0.15) is 52.4 Å². The van der Waals surface area contributed by atoms with E-state index in [1.54, 1.807) is 0 Å². The number of likely N-dealkylation sites (tertiary alicyclic amines) is 1. The van der Waals surface area contributed by atoms with E-state index < -0.39 is 18.3 Å². The fraction of sp³-hybridized carbons (Fsp3) is 1.00. The first-order chi connectivity index (χ1) is 10.1. The van der Waals surface area contributed by atoms with E-state index in [1.165, 1.54) is 12.8 Å². The third kappa shape index (κ3) is 3.77. The molecule has 1 heterocycles. The fourth-order valence-corrected chi connectivity index (χ4v) is 3.48. The normalized spacial score (nSPS) is 41.9. The largest absolute Gasteiger partial charge is 0.389 e. The van der Waals surface area contributed by atoms with Crippen molar-refractivity contribution in [3.8, 4) is 0 Å². The van der Waals surface area contributed by atoms with E-state index in [9.17, 15) is 15.3 Å². The Balaban J connectivity index is 1.86. The molecule has 1 saturated carbocycles. The maximum atomic E-state index is 10.2. The van der Waals surface area contributed by atoms with Crippen LogP contribution in [0.5, 0.6) is 0 Å². The maximum Gasteiger partial charge on any atom is 0.110 e. The first-order valence-electron chi connectivity index (χ1n) is 8.55. The molecule has 0 amide bonds. The first kappa shape index (κ1) is 17.2. The van der Waals surface area contributed by atoms with Crippen LogP contribution in [0.15, 0.2) is 0 Å². The molecule has 5 heteroatoms. The number of nitrogens with zero attached hydrogens (tertiary/aromatic N) is 1. The lowest BCUT2D eigenvalue weighted by Crippen LogP contribution is -2.54. The Morgan fingerprint density at radius 3 is 2.19 bits per heavy atom. The minimum absolute atomic E-state index is 0.0457. The third-order valence-electron chi connectivity index (χ3n) is 4.83. The molecule has 2 rings (SSSR count). The molecule has 0 aromatic carbocycles. The molecule has 7 atom stereocenters. The molecule has 5 nitrogen and oxygen atoms in total. The predicted molar refractivity (Wildman–Crippen MR) is 81.1 cm³/mol. The zero-order valence-corrected chi connectivity index (χ0v) is 13.3. The van der Waals surface area contributed by atoms with Crippen molar-refractivity contribution in [2.24, 2.45) is 0 Å². The molecule has 0 aromatic heterocycles. The molecule has 21 heavy (non-hydrogen) atoms. The van der Waals surface area contributed by atoms with Crippen molar-refractivity contribution in [3.63, 3.8) is 0 Å². The molecule has 0 bridgehead atoms. The Labute approximate surface area is 127 Å². The highest BCUT2D eigenvalue weighted by atomic mass is 16.5. The minimum atomic E-state index is -1.10. The summed E-state index contributed by atoms with van der Waals surface area (Å²) in [5.41, 5.74) is 0. The Hall–Kier alpha value is -0.200. The summed E-state index contributed by atoms with van der Waals surface area (Å²) in [5, 5.41) is 30.3. The number of rotatable bonds is 9. The van der Waals surface area contributed by atoms with Crippen LogP contribution in [0.2, 0.25) is 0 Å². The predicted octanol–water partition coefficient (Wildman–Crippen LogP) is 0.901. The molecule has 124 valence electrons. The van der Waals surface area contributed by atoms with Crippen LogP contribution in [-0.4, -0.2) is 69.9 Å². The standard InChI is InChI=1S/C16H31NO4/c1-3-5-7-8-10-21-16-12-11(17(12)9-6-4-2)13(18)14(19)15(16)20/h11-16,18-20H,3-10H2,1-2H3. The van der Waals surface area contributed by atoms with E-state index in [1.807, 2.05) is 0 Å². The van der Waals surface area contributed by atoms with Crippen molar-refractivity contribution in [1.82, 2.24) is 4.90 Å². The van der Waals surface area contributed by atoms with Gasteiger partial charge in [0.05, 0.1) is 18.2 Å². The van der Waals surface area contributed by atoms with Gasteiger partial charge in [-0.25, -0.2) is 0 Å². The van der Waals surface area contributed by atoms with Gasteiger partial charge in [0.2, 0.25) is 0 Å². The molecule has 1 aliphatic carbocycles. The summed E-state index contributed by atoms with van der Waals surface area (Å²) in [7, 11) is 0. The Kier molecular flexibility index (Phi) is 6.44. The van der Waals surface area contributed by atoms with Crippen LogP contribution in [0.25, 0.3) is 0 Å². The number of aliphatic hydroxyl groups excluding tert-OH is 3. The van der Waals surface area contributed by atoms with E-state index in [0.717, 1.165) is 32.2 Å². The molecule has 0 aromatic rings. The highest BCUT2D eigenvalue weighted by Crippen LogP contribution is 2.42. The number of ether oxygens (including phenoxy) is 1. The average molecular weight is 301 g/mol. The van der Waals surface area contributed by atoms with Crippen molar-refractivity contribution < 1.29 is 20.1 Å². The highest BCUT2D eigenvalue weighted by molar-refractivity contribution is 5.18. The molecule has 2 aliphatic rings. The van der Waals surface area contributed by atoms with Crippen LogP contribution in [-0.2, 0) is 4.74 Å². The number of fused-ring (bicyclic) bond motifs is 1. The second-order valence-corrected chi connectivity index (χ2v) is 6.44. The van der Waals surface area contributed by atoms with Gasteiger partial charge in [-0.15, -0.1) is 0 Å². The van der Waals surface area contributed by atoms with Gasteiger partial charge in [0.15, 0.2) is 0 Å². The van der Waals surface area contributed by atoms with Gasteiger partial charge in [0, 0.05) is 6.61 Å². The first-order valence-corrected chi connectivity index (χ1v) is 8.55. The Morgan fingerprint density at radius 2 is 1.52 bits per heavy atom. The Morgan fingerprint density at radius 1 is 0.810 bits per heavy atom. The van der Waals surface area contributed by atoms with Gasteiger partial charge in [-0.1, -0.05) is 39.5 Å². The summed E-state index contributed by atoms with van der Waals surface area (Å²) in [6.07, 6.45) is 3.36. The van der Waals surface area contributed by atoms with Gasteiger partial charge < -0.3 is 20.1 Å². The average Bonchev–Trinajstić information content (AvgIpc) is 3.19. The van der Waals surface area contributed by atoms with Crippen LogP contribution in [0.3, 0.4) is 0 Å². The lowest BCUT2D eigenvalue weighted by atomic mass is 9.89. The molecule has 0 radical (unpaired) electrons. The zero-order valence-electron chi connectivity index (χ0n) is 13.3. The van der Waals surface area contributed by atoms with Gasteiger partial charge >= 0.3 is 0 Å². The summed E-state index contributed by atoms with van der Waals surface area (Å²) >= 11 is 0. The van der Waals surface area contributed by atoms with Crippen LogP contribution in [0.4, 0.5) is 0 Å². The topological polar surface area (TPSA) is 72.9 Å². The van der Waals surface area contributed by atoms with Crippen molar-refractivity contribution in [1.29, 1.82) is 0 Å². The van der Waals surface area contributed by atoms with E-state index in [2.05, 4.69) is 18.7 Å². The molecule has 2 fully saturated rings. The minimum Gasteiger partial charge on any atom is -0.389 e. The summed E-state index contributed by atoms with van der Waals surface area (Å²) < 4.78 is 5.86. The molecule has 0 spiro atoms. The van der Waals surface area contributed by atoms with Gasteiger partial charge in [-0.05, 0) is 19.4 Å². The molecular formula is C16H31NO4. The maximum absolute atomic E-state index is 10.2. The van der Waals surface area contributed by atoms with Crippen molar-refractivity contribution >= 4 is 0 Å². The summed E-state index contributed by atoms with van der Waals surface area (Å²) in [5.74, 6) is 0. The third-order valence-corrected chi connectivity index (χ3v) is 4.83. The molecule has 1 aliphatic heterocycles. The second-order valence-electron chi connectivity index (χ2n) is 6.44. The van der Waals surface area contributed by atoms with E-state index in [-0.39, 0.29) is 18.2 Å². The zero-order chi connectivity index (χ0) is 15.4. The summed E-state index contributed by atoms with van der Waals surface area (Å²) in [6.45, 7) is 5.83. The van der Waals surface area contributed by atoms with E-state index in [4.69, 9.17) is 4.74 Å². The smallest absolute Gasteiger partial charge is 0.110 e. The van der Waals surface area contributed by atoms with Crippen molar-refractivity contribution in [3.05, 3.63) is 0 Å². The lowest BCUT2D eigenvalue weighted by molar-refractivity contribution is -0.140. The van der Waals surface area contributed by atoms with Crippen molar-refractivity contribution in [2.45, 2.75) is 88.9 Å². The monoisotopic (exact) mass is 301 g/mol. The quantitative estimate of drug-likeness (QED) is 0.436. The number of unbranched alkanes of at least 4 members (excludes halogenated alkanes) is 4. The summed E-state index contributed by atoms with van der Waals surface area (Å²) in [4.78, 5) is 2.17. The molecule has 3 N–H and O–H groups in total. The van der Waals surface area contributed by atoms with Crippen LogP contribution < -0.4 is 0 Å². The second kappa shape index (κ2) is 7.88. The van der Waals surface area contributed by atoms with Gasteiger partial charge in [0.25, 0.3) is 0 Å². The van der Waals surface area contributed by atoms with Crippen molar-refractivity contribution in [2.75, 3.05) is 13.2 Å². The van der Waals surface area contributed by atoms with E-state index in [0.29, 0.717) is 6.61 Å². The Bertz CT molecular complexity index is 315. The van der Waals surface area contributed by atoms with Gasteiger partial charge in [0.1, 0.15) is 18.3 Å². The lowest BCUT2D eigenvalue weighted by Gasteiger charge is -2.33. The number of hydrogen-bond acceptors (Lipinski definition) is 5. The SMILES string of the molecule is CCCCCCOC1C(O)C(O)C(O)C2C1N2CCCC. The summed E-state index contributed by atoms with van der Waals surface area (Å²) in [6, 6.07) is 0.0201. The molecule has 7 unspecified atom stereocenters. The number of hydrogen-bond donors (Lipinski definition) is 3. The van der Waals surface area contributed by atoms with Gasteiger partial charge in [-0.3, -0.25) is 4.90 Å². The highest BCUT2D eigenvalue weighted by Gasteiger charge is 2.64. The fourth-order valence-electron chi connectivity index (χ4n) is 3.48.